The number of hydrogen-bond donors (Lipinski definition) is 2. The fourth-order valence-electron chi connectivity index (χ4n) is 4.04. The van der Waals surface area contributed by atoms with Gasteiger partial charge in [-0.1, -0.05) is 25.1 Å². The minimum atomic E-state index is 0.189. The predicted octanol–water partition coefficient (Wildman–Crippen LogP) is 5.37. The average Bonchev–Trinajstić information content (AvgIpc) is 3.48. The number of carbonyl (C=O) groups excluding carboxylic acids is 1. The van der Waals surface area contributed by atoms with Crippen molar-refractivity contribution in [3.8, 4) is 17.0 Å². The van der Waals surface area contributed by atoms with Crippen LogP contribution in [-0.4, -0.2) is 22.4 Å². The Bertz CT molecular complexity index is 1040. The fraction of sp³-hybridized carbons (Fsp3) is 0.333. The highest BCUT2D eigenvalue weighted by atomic mass is 16.5. The molecule has 2 aromatic heterocycles. The zero-order valence-corrected chi connectivity index (χ0v) is 16.6. The van der Waals surface area contributed by atoms with Crippen LogP contribution in [0.1, 0.15) is 42.2 Å². The molecule has 2 N–H and O–H groups in total. The number of nitrogens with zero attached hydrogens (tertiary/aromatic N) is 1. The Morgan fingerprint density at radius 1 is 1.17 bits per heavy atom. The molecule has 5 heteroatoms. The van der Waals surface area contributed by atoms with Gasteiger partial charge in [0, 0.05) is 29.6 Å². The van der Waals surface area contributed by atoms with Gasteiger partial charge in [0.1, 0.15) is 5.75 Å². The second-order valence-electron chi connectivity index (χ2n) is 8.28. The summed E-state index contributed by atoms with van der Waals surface area (Å²) in [6.07, 6.45) is 7.46. The van der Waals surface area contributed by atoms with Gasteiger partial charge in [-0.05, 0) is 49.3 Å². The molecule has 148 valence electrons. The molecule has 0 saturated heterocycles. The van der Waals surface area contributed by atoms with Gasteiger partial charge in [-0.3, -0.25) is 9.78 Å². The Kier molecular flexibility index (Phi) is 4.58. The monoisotopic (exact) mass is 387 g/mol. The van der Waals surface area contributed by atoms with E-state index in [2.05, 4.69) is 22.2 Å². The maximum Gasteiger partial charge on any atom is 0.167 e. The molecule has 2 aliphatic rings. The van der Waals surface area contributed by atoms with Crippen molar-refractivity contribution in [2.45, 2.75) is 32.6 Å². The van der Waals surface area contributed by atoms with Gasteiger partial charge in [0.25, 0.3) is 0 Å². The molecule has 1 atom stereocenters. The second kappa shape index (κ2) is 7.39. The number of carbonyl (C=O) groups is 1. The Morgan fingerprint density at radius 2 is 2.00 bits per heavy atom. The Labute approximate surface area is 170 Å². The number of para-hydroxylation sites is 1. The van der Waals surface area contributed by atoms with Crippen LogP contribution >= 0.6 is 0 Å². The van der Waals surface area contributed by atoms with Crippen molar-refractivity contribution in [2.24, 2.45) is 11.8 Å². The molecule has 5 nitrogen and oxygen atoms in total. The molecule has 0 bridgehead atoms. The van der Waals surface area contributed by atoms with Gasteiger partial charge >= 0.3 is 0 Å². The molecule has 1 fully saturated rings. The minimum Gasteiger partial charge on any atom is -0.491 e. The predicted molar refractivity (Wildman–Crippen MR) is 114 cm³/mol. The van der Waals surface area contributed by atoms with Crippen molar-refractivity contribution < 1.29 is 9.53 Å². The van der Waals surface area contributed by atoms with E-state index in [-0.39, 0.29) is 5.78 Å². The van der Waals surface area contributed by atoms with E-state index in [1.54, 1.807) is 12.4 Å². The number of benzene rings is 1. The Morgan fingerprint density at radius 3 is 2.79 bits per heavy atom. The van der Waals surface area contributed by atoms with Crippen molar-refractivity contribution in [2.75, 3.05) is 11.9 Å². The number of fused-ring (bicyclic) bond motifs is 1. The van der Waals surface area contributed by atoms with Gasteiger partial charge < -0.3 is 15.0 Å². The summed E-state index contributed by atoms with van der Waals surface area (Å²) in [4.78, 5) is 20.8. The number of Topliss-reactive ketones (excluding diaryl/α,β-unsaturated/α-hetero) is 1. The molecule has 3 aromatic rings. The van der Waals surface area contributed by atoms with E-state index in [9.17, 15) is 4.79 Å². The summed E-state index contributed by atoms with van der Waals surface area (Å²) in [5.74, 6) is 1.95. The van der Waals surface area contributed by atoms with Crippen LogP contribution in [-0.2, 0) is 6.42 Å². The quantitative estimate of drug-likeness (QED) is 0.596. The van der Waals surface area contributed by atoms with Gasteiger partial charge in [-0.15, -0.1) is 0 Å². The molecule has 0 radical (unpaired) electrons. The molecule has 1 saturated carbocycles. The number of ketones is 1. The molecule has 0 aliphatic heterocycles. The largest absolute Gasteiger partial charge is 0.491 e. The molecular formula is C24H25N3O2. The number of H-pyrrole nitrogens is 1. The van der Waals surface area contributed by atoms with Crippen molar-refractivity contribution >= 4 is 17.2 Å². The first-order chi connectivity index (χ1) is 14.2. The zero-order valence-electron chi connectivity index (χ0n) is 16.6. The van der Waals surface area contributed by atoms with Gasteiger partial charge in [0.05, 0.1) is 29.7 Å². The highest BCUT2D eigenvalue weighted by Gasteiger charge is 2.31. The van der Waals surface area contributed by atoms with E-state index in [4.69, 9.17) is 4.74 Å². The fourth-order valence-corrected chi connectivity index (χ4v) is 4.04. The lowest BCUT2D eigenvalue weighted by Gasteiger charge is -2.18. The summed E-state index contributed by atoms with van der Waals surface area (Å²) in [6, 6.07) is 11.9. The smallest absolute Gasteiger partial charge is 0.167 e. The summed E-state index contributed by atoms with van der Waals surface area (Å²) in [6.45, 7) is 2.85. The molecule has 1 unspecified atom stereocenters. The first-order valence-corrected chi connectivity index (χ1v) is 10.4. The lowest BCUT2D eigenvalue weighted by molar-refractivity contribution is 0.0954. The molecule has 1 aromatic carbocycles. The van der Waals surface area contributed by atoms with Crippen molar-refractivity contribution in [3.05, 3.63) is 60.0 Å². The third-order valence-corrected chi connectivity index (χ3v) is 5.71. The summed E-state index contributed by atoms with van der Waals surface area (Å²) < 4.78 is 6.11. The maximum atomic E-state index is 13.0. The lowest BCUT2D eigenvalue weighted by atomic mass is 9.87. The van der Waals surface area contributed by atoms with Crippen LogP contribution in [0.4, 0.5) is 11.4 Å². The van der Waals surface area contributed by atoms with E-state index in [1.807, 2.05) is 36.4 Å². The van der Waals surface area contributed by atoms with E-state index in [0.29, 0.717) is 18.3 Å². The van der Waals surface area contributed by atoms with E-state index >= 15 is 0 Å². The van der Waals surface area contributed by atoms with Gasteiger partial charge in [-0.2, -0.15) is 0 Å². The topological polar surface area (TPSA) is 67.0 Å². The lowest BCUT2D eigenvalue weighted by Crippen LogP contribution is -2.17. The number of rotatable bonds is 6. The summed E-state index contributed by atoms with van der Waals surface area (Å²) >= 11 is 0. The van der Waals surface area contributed by atoms with Crippen LogP contribution in [0, 0.1) is 11.8 Å². The SMILES string of the molecule is CC1CC(=O)c2c([nH]c(-c3ccncc3OCC3CC3)c2Nc2ccccc2)C1. The van der Waals surface area contributed by atoms with Crippen LogP contribution in [0.3, 0.4) is 0 Å². The normalized spacial score (nSPS) is 18.4. The van der Waals surface area contributed by atoms with Crippen molar-refractivity contribution in [3.63, 3.8) is 0 Å². The summed E-state index contributed by atoms with van der Waals surface area (Å²) in [7, 11) is 0. The van der Waals surface area contributed by atoms with E-state index < -0.39 is 0 Å². The van der Waals surface area contributed by atoms with Gasteiger partial charge in [0.15, 0.2) is 5.78 Å². The molecular weight excluding hydrogens is 362 g/mol. The van der Waals surface area contributed by atoms with Gasteiger partial charge in [0.2, 0.25) is 0 Å². The Hall–Kier alpha value is -3.08. The number of hydrogen-bond acceptors (Lipinski definition) is 4. The summed E-state index contributed by atoms with van der Waals surface area (Å²) in [5, 5.41) is 3.50. The summed E-state index contributed by atoms with van der Waals surface area (Å²) in [5.41, 5.74) is 5.42. The van der Waals surface area contributed by atoms with Gasteiger partial charge in [-0.25, -0.2) is 0 Å². The number of anilines is 2. The van der Waals surface area contributed by atoms with Crippen LogP contribution in [0.2, 0.25) is 0 Å². The van der Waals surface area contributed by atoms with Crippen molar-refractivity contribution in [1.29, 1.82) is 0 Å². The Balaban J connectivity index is 1.61. The van der Waals surface area contributed by atoms with Crippen LogP contribution in [0.15, 0.2) is 48.8 Å². The molecule has 0 amide bonds. The highest BCUT2D eigenvalue weighted by Crippen LogP contribution is 2.42. The number of aromatic nitrogens is 2. The third kappa shape index (κ3) is 3.65. The zero-order chi connectivity index (χ0) is 19.8. The molecule has 2 heterocycles. The minimum absolute atomic E-state index is 0.189. The molecule has 2 aliphatic carbocycles. The maximum absolute atomic E-state index is 13.0. The first kappa shape index (κ1) is 18.0. The number of pyridine rings is 1. The first-order valence-electron chi connectivity index (χ1n) is 10.4. The molecule has 5 rings (SSSR count). The molecule has 29 heavy (non-hydrogen) atoms. The second-order valence-corrected chi connectivity index (χ2v) is 8.28. The van der Waals surface area contributed by atoms with E-state index in [1.165, 1.54) is 12.8 Å². The average molecular weight is 387 g/mol. The number of nitrogens with one attached hydrogen (secondary N) is 2. The van der Waals surface area contributed by atoms with Crippen LogP contribution in [0.25, 0.3) is 11.3 Å². The number of ether oxygens (including phenoxy) is 1. The standard InChI is InChI=1S/C24H25N3O2/c1-15-11-19-22(20(28)12-15)24(26-17-5-3-2-4-6-17)23(27-19)18-9-10-25-13-21(18)29-14-16-7-8-16/h2-6,9-10,13,15-16,26-27H,7-8,11-12,14H2,1H3. The number of aromatic amines is 1. The van der Waals surface area contributed by atoms with Crippen LogP contribution in [0.5, 0.6) is 5.75 Å². The third-order valence-electron chi connectivity index (χ3n) is 5.71. The highest BCUT2D eigenvalue weighted by molar-refractivity contribution is 6.07. The molecule has 0 spiro atoms. The van der Waals surface area contributed by atoms with Crippen molar-refractivity contribution in [1.82, 2.24) is 9.97 Å². The van der Waals surface area contributed by atoms with Crippen LogP contribution < -0.4 is 10.1 Å². The van der Waals surface area contributed by atoms with E-state index in [0.717, 1.165) is 52.7 Å².